The number of nitrogens with two attached hydrogens (primary N) is 1. The summed E-state index contributed by atoms with van der Waals surface area (Å²) in [4.78, 5) is 0. The fourth-order valence-corrected chi connectivity index (χ4v) is 0.377. The summed E-state index contributed by atoms with van der Waals surface area (Å²) in [5.74, 6) is 0. The third-order valence-corrected chi connectivity index (χ3v) is 1.56. The van der Waals surface area contributed by atoms with Crippen molar-refractivity contribution in [1.29, 1.82) is 0 Å². The van der Waals surface area contributed by atoms with Gasteiger partial charge in [-0.05, 0) is 13.8 Å². The molecule has 0 spiro atoms. The molecule has 2 nitrogen and oxygen atoms in total. The Kier molecular flexibility index (Phi) is 0.869. The monoisotopic (exact) mass is 101 g/mol. The van der Waals surface area contributed by atoms with Gasteiger partial charge < -0.3 is 10.5 Å². The van der Waals surface area contributed by atoms with Crippen LogP contribution < -0.4 is 5.73 Å². The van der Waals surface area contributed by atoms with Gasteiger partial charge in [-0.2, -0.15) is 0 Å². The first-order chi connectivity index (χ1) is 3.15. The number of hydrogen-bond donors (Lipinski definition) is 1. The van der Waals surface area contributed by atoms with E-state index >= 15 is 0 Å². The van der Waals surface area contributed by atoms with Crippen molar-refractivity contribution in [2.24, 2.45) is 5.73 Å². The molecular formula is C5H11NO. The Labute approximate surface area is 43.6 Å². The predicted octanol–water partition coefficient (Wildman–Crippen LogP) is 0.122. The van der Waals surface area contributed by atoms with Crippen LogP contribution in [0.5, 0.6) is 0 Å². The molecule has 0 radical (unpaired) electrons. The molecule has 1 rings (SSSR count). The minimum Gasteiger partial charge on any atom is -0.368 e. The van der Waals surface area contributed by atoms with Crippen molar-refractivity contribution in [1.82, 2.24) is 0 Å². The predicted molar refractivity (Wildman–Crippen MR) is 28.0 cm³/mol. The zero-order chi connectivity index (χ0) is 5.49. The van der Waals surface area contributed by atoms with Gasteiger partial charge in [-0.3, -0.25) is 0 Å². The maximum absolute atomic E-state index is 5.51. The van der Waals surface area contributed by atoms with Gasteiger partial charge in [-0.1, -0.05) is 0 Å². The first-order valence-electron chi connectivity index (χ1n) is 2.55. The highest BCUT2D eigenvalue weighted by molar-refractivity contribution is 4.94. The van der Waals surface area contributed by atoms with E-state index in [1.165, 1.54) is 0 Å². The van der Waals surface area contributed by atoms with Crippen LogP contribution in [0.15, 0.2) is 0 Å². The lowest BCUT2D eigenvalue weighted by Crippen LogP contribution is -2.31. The summed E-state index contributed by atoms with van der Waals surface area (Å²) in [6, 6.07) is 0.187. The standard InChI is InChI=1S/C5H11NO/c1-4(6)5(2)3-7-5/h4H,3,6H2,1-2H3. The molecule has 2 unspecified atom stereocenters. The Morgan fingerprint density at radius 2 is 2.29 bits per heavy atom. The maximum Gasteiger partial charge on any atom is 0.104 e. The second kappa shape index (κ2) is 1.20. The van der Waals surface area contributed by atoms with Crippen LogP contribution in [0.1, 0.15) is 13.8 Å². The van der Waals surface area contributed by atoms with Crippen molar-refractivity contribution in [2.75, 3.05) is 6.61 Å². The van der Waals surface area contributed by atoms with Gasteiger partial charge in [0.05, 0.1) is 6.61 Å². The summed E-state index contributed by atoms with van der Waals surface area (Å²) in [6.45, 7) is 4.83. The van der Waals surface area contributed by atoms with Crippen LogP contribution in [0.4, 0.5) is 0 Å². The van der Waals surface area contributed by atoms with Crippen molar-refractivity contribution >= 4 is 0 Å². The highest BCUT2D eigenvalue weighted by Crippen LogP contribution is 2.28. The fraction of sp³-hybridized carbons (Fsp3) is 1.00. The highest BCUT2D eigenvalue weighted by Gasteiger charge is 2.42. The van der Waals surface area contributed by atoms with Gasteiger partial charge >= 0.3 is 0 Å². The Bertz CT molecular complexity index is 76.1. The summed E-state index contributed by atoms with van der Waals surface area (Å²) >= 11 is 0. The van der Waals surface area contributed by atoms with Crippen molar-refractivity contribution in [2.45, 2.75) is 25.5 Å². The van der Waals surface area contributed by atoms with E-state index in [2.05, 4.69) is 0 Å². The van der Waals surface area contributed by atoms with Gasteiger partial charge in [0.1, 0.15) is 5.60 Å². The topological polar surface area (TPSA) is 38.5 Å². The summed E-state index contributed by atoms with van der Waals surface area (Å²) < 4.78 is 5.03. The van der Waals surface area contributed by atoms with Gasteiger partial charge in [0, 0.05) is 6.04 Å². The Morgan fingerprint density at radius 1 is 1.86 bits per heavy atom. The lowest BCUT2D eigenvalue weighted by atomic mass is 10.1. The van der Waals surface area contributed by atoms with E-state index in [1.54, 1.807) is 0 Å². The minimum absolute atomic E-state index is 0.0278. The molecular weight excluding hydrogens is 90.1 g/mol. The SMILES string of the molecule is CC(N)C1(C)CO1. The van der Waals surface area contributed by atoms with Crippen molar-refractivity contribution in [3.63, 3.8) is 0 Å². The molecule has 1 heterocycles. The zero-order valence-electron chi connectivity index (χ0n) is 4.77. The zero-order valence-corrected chi connectivity index (χ0v) is 4.77. The quantitative estimate of drug-likeness (QED) is 0.476. The molecule has 1 aliphatic rings. The average Bonchev–Trinajstić information content (AvgIpc) is 2.21. The molecule has 1 aliphatic heterocycles. The molecule has 0 bridgehead atoms. The molecule has 2 atom stereocenters. The first kappa shape index (κ1) is 5.06. The maximum atomic E-state index is 5.51. The van der Waals surface area contributed by atoms with Gasteiger partial charge in [0.2, 0.25) is 0 Å². The minimum atomic E-state index is 0.0278. The largest absolute Gasteiger partial charge is 0.368 e. The molecule has 42 valence electrons. The Morgan fingerprint density at radius 3 is 2.29 bits per heavy atom. The van der Waals surface area contributed by atoms with Crippen LogP contribution in [0.2, 0.25) is 0 Å². The number of epoxide rings is 1. The molecule has 0 aromatic rings. The normalized spacial score (nSPS) is 43.3. The van der Waals surface area contributed by atoms with Crippen LogP contribution in [0, 0.1) is 0 Å². The summed E-state index contributed by atoms with van der Waals surface area (Å²) in [6.07, 6.45) is 0. The van der Waals surface area contributed by atoms with E-state index in [0.29, 0.717) is 0 Å². The molecule has 0 aromatic carbocycles. The van der Waals surface area contributed by atoms with Crippen LogP contribution >= 0.6 is 0 Å². The van der Waals surface area contributed by atoms with Gasteiger partial charge in [0.25, 0.3) is 0 Å². The highest BCUT2D eigenvalue weighted by atomic mass is 16.6. The van der Waals surface area contributed by atoms with Gasteiger partial charge in [-0.15, -0.1) is 0 Å². The van der Waals surface area contributed by atoms with Crippen LogP contribution in [0.25, 0.3) is 0 Å². The molecule has 0 saturated carbocycles. The van der Waals surface area contributed by atoms with E-state index < -0.39 is 0 Å². The summed E-state index contributed by atoms with van der Waals surface area (Å²) in [5.41, 5.74) is 5.53. The van der Waals surface area contributed by atoms with E-state index in [1.807, 2.05) is 13.8 Å². The Hall–Kier alpha value is -0.0800. The third-order valence-electron chi connectivity index (χ3n) is 1.56. The number of ether oxygens (including phenoxy) is 1. The fourth-order valence-electron chi connectivity index (χ4n) is 0.377. The molecule has 7 heavy (non-hydrogen) atoms. The summed E-state index contributed by atoms with van der Waals surface area (Å²) in [5, 5.41) is 0. The second-order valence-corrected chi connectivity index (χ2v) is 2.39. The molecule has 0 amide bonds. The Balaban J connectivity index is 2.39. The summed E-state index contributed by atoms with van der Waals surface area (Å²) in [7, 11) is 0. The van der Waals surface area contributed by atoms with Crippen molar-refractivity contribution in [3.8, 4) is 0 Å². The van der Waals surface area contributed by atoms with E-state index in [9.17, 15) is 0 Å². The third kappa shape index (κ3) is 0.763. The van der Waals surface area contributed by atoms with Crippen molar-refractivity contribution in [3.05, 3.63) is 0 Å². The van der Waals surface area contributed by atoms with Gasteiger partial charge in [0.15, 0.2) is 0 Å². The van der Waals surface area contributed by atoms with Crippen LogP contribution in [-0.4, -0.2) is 18.2 Å². The number of rotatable bonds is 1. The van der Waals surface area contributed by atoms with E-state index in [0.717, 1.165) is 6.61 Å². The smallest absolute Gasteiger partial charge is 0.104 e. The molecule has 0 aromatic heterocycles. The van der Waals surface area contributed by atoms with Crippen LogP contribution in [-0.2, 0) is 4.74 Å². The molecule has 2 N–H and O–H groups in total. The molecule has 2 heteroatoms. The lowest BCUT2D eigenvalue weighted by molar-refractivity contribution is 0.291. The number of hydrogen-bond acceptors (Lipinski definition) is 2. The lowest BCUT2D eigenvalue weighted by Gasteiger charge is -2.06. The molecule has 1 saturated heterocycles. The van der Waals surface area contributed by atoms with Crippen molar-refractivity contribution < 1.29 is 4.74 Å². The van der Waals surface area contributed by atoms with Crippen LogP contribution in [0.3, 0.4) is 0 Å². The van der Waals surface area contributed by atoms with Gasteiger partial charge in [-0.25, -0.2) is 0 Å². The molecule has 0 aliphatic carbocycles. The van der Waals surface area contributed by atoms with E-state index in [4.69, 9.17) is 10.5 Å². The first-order valence-corrected chi connectivity index (χ1v) is 2.55. The van der Waals surface area contributed by atoms with E-state index in [-0.39, 0.29) is 11.6 Å². The average molecular weight is 101 g/mol. The molecule has 1 fully saturated rings. The second-order valence-electron chi connectivity index (χ2n) is 2.39.